The fourth-order valence-corrected chi connectivity index (χ4v) is 5.48. The molecule has 0 unspecified atom stereocenters. The third kappa shape index (κ3) is 7.29. The maximum atomic E-state index is 14.5. The number of benzene rings is 4. The molecule has 8 nitrogen and oxygen atoms in total. The van der Waals surface area contributed by atoms with E-state index in [1.54, 1.807) is 73.7 Å². The number of ketones is 1. The molecule has 3 amide bonds. The minimum absolute atomic E-state index is 0.0470. The van der Waals surface area contributed by atoms with Crippen molar-refractivity contribution in [3.8, 4) is 5.75 Å². The zero-order chi connectivity index (χ0) is 33.9. The molecule has 2 atom stereocenters. The van der Waals surface area contributed by atoms with Crippen LogP contribution in [0.4, 0.5) is 24.5 Å². The maximum absolute atomic E-state index is 14.5. The average Bonchev–Trinajstić information content (AvgIpc) is 3.17. The Bertz CT molecular complexity index is 1820. The Balaban J connectivity index is 1.64. The van der Waals surface area contributed by atoms with E-state index in [1.807, 2.05) is 6.92 Å². The molecule has 0 fully saturated rings. The minimum atomic E-state index is -4.59. The first kappa shape index (κ1) is 33.2. The number of fused-ring (bicyclic) bond motifs is 2. The number of hydrogen-bond acceptors (Lipinski definition) is 5. The molecule has 0 bridgehead atoms. The standard InChI is InChI=1S/C36H34F3N3O5/c1-4-22(2)33(44)40-29-20-42(34(45)26-15-13-24(14-16-26)23(3)43)31-12-8-7-11-30(31)41(35(29)46)19-28-27-10-6-5-9-25(27)17-18-32(28)47-21-36(37,38)39/h5-18,22,29H,4,19-21H2,1-3H3,(H,40,44)/t22-,29+/m1/s1. The SMILES string of the molecule is CC[C@@H](C)C(=O)N[C@H]1CN(C(=O)c2ccc(C(C)=O)cc2)c2ccccc2N(Cc2c(OCC(F)(F)F)ccc3ccccc23)C1=O. The van der Waals surface area contributed by atoms with E-state index in [4.69, 9.17) is 4.74 Å². The van der Waals surface area contributed by atoms with E-state index in [0.29, 0.717) is 34.3 Å². The lowest BCUT2D eigenvalue weighted by atomic mass is 10.0. The molecule has 5 rings (SSSR count). The van der Waals surface area contributed by atoms with Crippen molar-refractivity contribution < 1.29 is 37.1 Å². The quantitative estimate of drug-likeness (QED) is 0.204. The zero-order valence-corrected chi connectivity index (χ0v) is 26.1. The van der Waals surface area contributed by atoms with Gasteiger partial charge in [-0.25, -0.2) is 0 Å². The fourth-order valence-electron chi connectivity index (χ4n) is 5.48. The molecule has 1 aliphatic rings. The van der Waals surface area contributed by atoms with Crippen LogP contribution in [0.15, 0.2) is 84.9 Å². The Morgan fingerprint density at radius 1 is 0.915 bits per heavy atom. The first-order chi connectivity index (χ1) is 22.4. The highest BCUT2D eigenvalue weighted by Crippen LogP contribution is 2.38. The summed E-state index contributed by atoms with van der Waals surface area (Å²) in [7, 11) is 0. The molecule has 1 aliphatic heterocycles. The summed E-state index contributed by atoms with van der Waals surface area (Å²) in [6.07, 6.45) is -4.08. The first-order valence-electron chi connectivity index (χ1n) is 15.2. The summed E-state index contributed by atoms with van der Waals surface area (Å²) in [6.45, 7) is 3.03. The van der Waals surface area contributed by atoms with Crippen LogP contribution in [0.3, 0.4) is 0 Å². The second-order valence-corrected chi connectivity index (χ2v) is 11.5. The van der Waals surface area contributed by atoms with Crippen LogP contribution in [0.5, 0.6) is 5.75 Å². The Kier molecular flexibility index (Phi) is 9.64. The molecule has 0 aliphatic carbocycles. The Morgan fingerprint density at radius 2 is 1.55 bits per heavy atom. The summed E-state index contributed by atoms with van der Waals surface area (Å²) in [5.41, 5.74) is 1.70. The molecule has 11 heteroatoms. The smallest absolute Gasteiger partial charge is 0.422 e. The van der Waals surface area contributed by atoms with Crippen LogP contribution in [0.25, 0.3) is 10.8 Å². The molecule has 244 valence electrons. The van der Waals surface area contributed by atoms with Gasteiger partial charge >= 0.3 is 6.18 Å². The lowest BCUT2D eigenvalue weighted by Crippen LogP contribution is -2.53. The molecular weight excluding hydrogens is 611 g/mol. The second kappa shape index (κ2) is 13.7. The molecule has 0 spiro atoms. The number of hydrogen-bond donors (Lipinski definition) is 1. The van der Waals surface area contributed by atoms with Crippen molar-refractivity contribution in [1.82, 2.24) is 5.32 Å². The molecule has 4 aromatic rings. The summed E-state index contributed by atoms with van der Waals surface area (Å²) in [6, 6.07) is 21.8. The van der Waals surface area contributed by atoms with Crippen molar-refractivity contribution in [3.63, 3.8) is 0 Å². The van der Waals surface area contributed by atoms with Crippen LogP contribution >= 0.6 is 0 Å². The van der Waals surface area contributed by atoms with Gasteiger partial charge in [-0.15, -0.1) is 0 Å². The Hall–Kier alpha value is -5.19. The molecule has 4 aromatic carbocycles. The van der Waals surface area contributed by atoms with Crippen LogP contribution in [0, 0.1) is 5.92 Å². The minimum Gasteiger partial charge on any atom is -0.484 e. The van der Waals surface area contributed by atoms with Gasteiger partial charge in [0.2, 0.25) is 5.91 Å². The number of carbonyl (C=O) groups is 4. The lowest BCUT2D eigenvalue weighted by molar-refractivity contribution is -0.153. The van der Waals surface area contributed by atoms with Gasteiger partial charge in [-0.2, -0.15) is 13.2 Å². The zero-order valence-electron chi connectivity index (χ0n) is 26.1. The average molecular weight is 646 g/mol. The number of anilines is 2. The van der Waals surface area contributed by atoms with Crippen LogP contribution in [0.1, 0.15) is 53.5 Å². The molecule has 0 radical (unpaired) electrons. The topological polar surface area (TPSA) is 96.0 Å². The van der Waals surface area contributed by atoms with Crippen LogP contribution < -0.4 is 19.9 Å². The molecule has 0 saturated carbocycles. The summed E-state index contributed by atoms with van der Waals surface area (Å²) in [4.78, 5) is 56.3. The molecule has 1 N–H and O–H groups in total. The van der Waals surface area contributed by atoms with Crippen molar-refractivity contribution in [2.75, 3.05) is 23.0 Å². The highest BCUT2D eigenvalue weighted by atomic mass is 19.4. The summed E-state index contributed by atoms with van der Waals surface area (Å²) < 4.78 is 45.1. The Morgan fingerprint density at radius 3 is 2.21 bits per heavy atom. The number of amides is 3. The molecule has 47 heavy (non-hydrogen) atoms. The highest BCUT2D eigenvalue weighted by Gasteiger charge is 2.38. The molecule has 0 saturated heterocycles. The number of Topliss-reactive ketones (excluding diaryl/α,β-unsaturated/α-hetero) is 1. The van der Waals surface area contributed by atoms with Crippen LogP contribution in [0.2, 0.25) is 0 Å². The number of nitrogens with zero attached hydrogens (tertiary/aromatic N) is 2. The molecule has 0 aromatic heterocycles. The highest BCUT2D eigenvalue weighted by molar-refractivity contribution is 6.13. The predicted octanol–water partition coefficient (Wildman–Crippen LogP) is 6.71. The van der Waals surface area contributed by atoms with Gasteiger partial charge in [0.05, 0.1) is 24.5 Å². The predicted molar refractivity (Wildman–Crippen MR) is 173 cm³/mol. The van der Waals surface area contributed by atoms with E-state index in [0.717, 1.165) is 5.39 Å². The van der Waals surface area contributed by atoms with Crippen LogP contribution in [-0.4, -0.2) is 48.9 Å². The fraction of sp³-hybridized carbons (Fsp3) is 0.278. The van der Waals surface area contributed by atoms with Crippen molar-refractivity contribution in [2.45, 2.75) is 46.0 Å². The maximum Gasteiger partial charge on any atom is 0.422 e. The van der Waals surface area contributed by atoms with Crippen molar-refractivity contribution in [1.29, 1.82) is 0 Å². The van der Waals surface area contributed by atoms with Gasteiger partial charge in [0.15, 0.2) is 12.4 Å². The van der Waals surface area contributed by atoms with E-state index in [1.165, 1.54) is 34.9 Å². The number of ether oxygens (including phenoxy) is 1. The Labute approximate surface area is 270 Å². The lowest BCUT2D eigenvalue weighted by Gasteiger charge is -2.27. The third-order valence-electron chi connectivity index (χ3n) is 8.26. The molecule has 1 heterocycles. The van der Waals surface area contributed by atoms with Gasteiger partial charge in [0.25, 0.3) is 11.8 Å². The van der Waals surface area contributed by atoms with Crippen molar-refractivity contribution >= 4 is 45.7 Å². The van der Waals surface area contributed by atoms with Gasteiger partial charge in [-0.1, -0.05) is 68.4 Å². The number of nitrogens with one attached hydrogen (secondary N) is 1. The summed E-state index contributed by atoms with van der Waals surface area (Å²) in [5, 5.41) is 4.13. The van der Waals surface area contributed by atoms with E-state index < -0.39 is 36.6 Å². The van der Waals surface area contributed by atoms with Gasteiger partial charge in [0.1, 0.15) is 11.8 Å². The van der Waals surface area contributed by atoms with E-state index in [2.05, 4.69) is 5.32 Å². The van der Waals surface area contributed by atoms with Crippen molar-refractivity contribution in [3.05, 3.63) is 102 Å². The van der Waals surface area contributed by atoms with Gasteiger partial charge < -0.3 is 19.9 Å². The number of halogens is 3. The largest absolute Gasteiger partial charge is 0.484 e. The summed E-state index contributed by atoms with van der Waals surface area (Å²) in [5.74, 6) is -2.03. The van der Waals surface area contributed by atoms with Gasteiger partial charge in [-0.05, 0) is 54.4 Å². The number of rotatable bonds is 9. The van der Waals surface area contributed by atoms with E-state index in [-0.39, 0.29) is 36.1 Å². The van der Waals surface area contributed by atoms with Gasteiger partial charge in [-0.3, -0.25) is 19.2 Å². The number of para-hydroxylation sites is 2. The number of alkyl halides is 3. The third-order valence-corrected chi connectivity index (χ3v) is 8.26. The van der Waals surface area contributed by atoms with Crippen molar-refractivity contribution in [2.24, 2.45) is 5.92 Å². The summed E-state index contributed by atoms with van der Waals surface area (Å²) >= 11 is 0. The second-order valence-electron chi connectivity index (χ2n) is 11.5. The first-order valence-corrected chi connectivity index (χ1v) is 15.2. The van der Waals surface area contributed by atoms with Gasteiger partial charge in [0, 0.05) is 22.6 Å². The molecular formula is C36H34F3N3O5. The monoisotopic (exact) mass is 645 g/mol. The normalized spacial score (nSPS) is 15.5. The van der Waals surface area contributed by atoms with E-state index in [9.17, 15) is 32.3 Å². The van der Waals surface area contributed by atoms with E-state index >= 15 is 0 Å². The number of carbonyl (C=O) groups excluding carboxylic acids is 4. The van der Waals surface area contributed by atoms with Crippen LogP contribution in [-0.2, 0) is 16.1 Å².